The second-order valence-corrected chi connectivity index (χ2v) is 7.61. The molecule has 0 bridgehead atoms. The zero-order valence-electron chi connectivity index (χ0n) is 17.3. The predicted molar refractivity (Wildman–Crippen MR) is 116 cm³/mol. The summed E-state index contributed by atoms with van der Waals surface area (Å²) in [6, 6.07) is 13.9. The molecule has 6 nitrogen and oxygen atoms in total. The van der Waals surface area contributed by atoms with Gasteiger partial charge in [-0.2, -0.15) is 13.2 Å². The molecule has 0 fully saturated rings. The number of imidazole rings is 1. The number of carbonyl (C=O) groups excluding carboxylic acids is 2. The molecule has 4 aromatic rings. The van der Waals surface area contributed by atoms with Crippen LogP contribution in [-0.4, -0.2) is 32.2 Å². The van der Waals surface area contributed by atoms with E-state index in [1.165, 1.54) is 6.20 Å². The molecule has 0 saturated carbocycles. The van der Waals surface area contributed by atoms with Crippen molar-refractivity contribution in [1.29, 1.82) is 0 Å². The van der Waals surface area contributed by atoms with Gasteiger partial charge in [0.2, 0.25) is 5.91 Å². The highest BCUT2D eigenvalue weighted by Gasteiger charge is 2.27. The average molecular weight is 452 g/mol. The Morgan fingerprint density at radius 2 is 1.82 bits per heavy atom. The van der Waals surface area contributed by atoms with E-state index >= 15 is 0 Å². The fourth-order valence-corrected chi connectivity index (χ4v) is 3.53. The van der Waals surface area contributed by atoms with Crippen molar-refractivity contribution in [2.45, 2.75) is 25.4 Å². The maximum Gasteiger partial charge on any atom is 0.389 e. The van der Waals surface area contributed by atoms with E-state index in [0.717, 1.165) is 16.8 Å². The molecule has 168 valence electrons. The topological polar surface area (TPSA) is 90.4 Å². The molecule has 0 aliphatic rings. The van der Waals surface area contributed by atoms with Crippen molar-refractivity contribution < 1.29 is 22.8 Å². The molecule has 9 heteroatoms. The quantitative estimate of drug-likeness (QED) is 0.443. The van der Waals surface area contributed by atoms with Gasteiger partial charge in [-0.15, -0.1) is 0 Å². The maximum atomic E-state index is 12.4. The smallest absolute Gasteiger partial charge is 0.366 e. The second kappa shape index (κ2) is 8.85. The van der Waals surface area contributed by atoms with E-state index in [1.807, 2.05) is 28.8 Å². The second-order valence-electron chi connectivity index (χ2n) is 7.61. The highest BCUT2D eigenvalue weighted by atomic mass is 19.4. The SMILES string of the molecule is NC(=O)c1ccnc(-c2ccn3c(-c4cccc(CC(=O)CCC(F)(F)F)c4)cnc3c2)c1. The predicted octanol–water partition coefficient (Wildman–Crippen LogP) is 4.62. The molecule has 33 heavy (non-hydrogen) atoms. The third-order valence-electron chi connectivity index (χ3n) is 5.16. The largest absolute Gasteiger partial charge is 0.389 e. The molecule has 0 aliphatic heterocycles. The Labute approximate surface area is 186 Å². The fourth-order valence-electron chi connectivity index (χ4n) is 3.53. The summed E-state index contributed by atoms with van der Waals surface area (Å²) in [5.41, 5.74) is 9.86. The van der Waals surface area contributed by atoms with E-state index in [-0.39, 0.29) is 6.42 Å². The van der Waals surface area contributed by atoms with Crippen LogP contribution in [-0.2, 0) is 11.2 Å². The van der Waals surface area contributed by atoms with Gasteiger partial charge in [-0.25, -0.2) is 4.98 Å². The summed E-state index contributed by atoms with van der Waals surface area (Å²) in [5.74, 6) is -1.00. The fraction of sp³-hybridized carbons (Fsp3) is 0.167. The Kier molecular flexibility index (Phi) is 5.95. The lowest BCUT2D eigenvalue weighted by Crippen LogP contribution is -2.12. The van der Waals surface area contributed by atoms with E-state index in [4.69, 9.17) is 5.73 Å². The van der Waals surface area contributed by atoms with Crippen LogP contribution in [0.5, 0.6) is 0 Å². The Morgan fingerprint density at radius 3 is 2.58 bits per heavy atom. The number of carbonyl (C=O) groups is 2. The molecule has 0 unspecified atom stereocenters. The normalized spacial score (nSPS) is 11.6. The summed E-state index contributed by atoms with van der Waals surface area (Å²) in [6.45, 7) is 0. The number of Topliss-reactive ketones (excluding diaryl/α,β-unsaturated/α-hetero) is 1. The van der Waals surface area contributed by atoms with Crippen LogP contribution in [0.1, 0.15) is 28.8 Å². The molecule has 0 radical (unpaired) electrons. The van der Waals surface area contributed by atoms with Crippen LogP contribution < -0.4 is 5.73 Å². The van der Waals surface area contributed by atoms with Crippen molar-refractivity contribution in [3.8, 4) is 22.5 Å². The Bertz CT molecular complexity index is 1350. The van der Waals surface area contributed by atoms with Crippen LogP contribution in [0.3, 0.4) is 0 Å². The van der Waals surface area contributed by atoms with Crippen LogP contribution in [0, 0.1) is 0 Å². The first kappa shape index (κ1) is 22.2. The van der Waals surface area contributed by atoms with Crippen molar-refractivity contribution in [2.75, 3.05) is 0 Å². The molecule has 1 amide bonds. The van der Waals surface area contributed by atoms with Crippen LogP contribution in [0.25, 0.3) is 28.2 Å². The number of fused-ring (bicyclic) bond motifs is 1. The molecule has 0 saturated heterocycles. The van der Waals surface area contributed by atoms with E-state index < -0.39 is 30.7 Å². The van der Waals surface area contributed by atoms with E-state index in [9.17, 15) is 22.8 Å². The lowest BCUT2D eigenvalue weighted by Gasteiger charge is -2.08. The van der Waals surface area contributed by atoms with Gasteiger partial charge in [0.1, 0.15) is 11.4 Å². The zero-order chi connectivity index (χ0) is 23.6. The van der Waals surface area contributed by atoms with Gasteiger partial charge in [0.15, 0.2) is 0 Å². The minimum absolute atomic E-state index is 0.0628. The molecule has 0 spiro atoms. The number of halogens is 3. The third kappa shape index (κ3) is 5.25. The van der Waals surface area contributed by atoms with Crippen molar-refractivity contribution in [2.24, 2.45) is 5.73 Å². The first-order chi connectivity index (χ1) is 15.7. The minimum Gasteiger partial charge on any atom is -0.366 e. The summed E-state index contributed by atoms with van der Waals surface area (Å²) in [5, 5.41) is 0. The number of ketones is 1. The molecule has 0 atom stereocenters. The van der Waals surface area contributed by atoms with E-state index in [1.54, 1.807) is 36.5 Å². The number of aromatic nitrogens is 3. The molecule has 3 heterocycles. The summed E-state index contributed by atoms with van der Waals surface area (Å²) >= 11 is 0. The van der Waals surface area contributed by atoms with Crippen LogP contribution >= 0.6 is 0 Å². The lowest BCUT2D eigenvalue weighted by atomic mass is 10.0. The Morgan fingerprint density at radius 1 is 1.00 bits per heavy atom. The maximum absolute atomic E-state index is 12.4. The molecular weight excluding hydrogens is 433 g/mol. The van der Waals surface area contributed by atoms with Gasteiger partial charge < -0.3 is 5.73 Å². The lowest BCUT2D eigenvalue weighted by molar-refractivity contribution is -0.143. The summed E-state index contributed by atoms with van der Waals surface area (Å²) in [7, 11) is 0. The van der Waals surface area contributed by atoms with Gasteiger partial charge in [-0.05, 0) is 35.9 Å². The van der Waals surface area contributed by atoms with Crippen molar-refractivity contribution in [3.63, 3.8) is 0 Å². The van der Waals surface area contributed by atoms with Gasteiger partial charge >= 0.3 is 6.18 Å². The van der Waals surface area contributed by atoms with Gasteiger partial charge in [-0.1, -0.05) is 18.2 Å². The molecule has 4 rings (SSSR count). The van der Waals surface area contributed by atoms with E-state index in [2.05, 4.69) is 9.97 Å². The van der Waals surface area contributed by atoms with Gasteiger partial charge in [0.25, 0.3) is 0 Å². The van der Waals surface area contributed by atoms with Gasteiger partial charge in [0.05, 0.1) is 24.0 Å². The van der Waals surface area contributed by atoms with Crippen LogP contribution in [0.2, 0.25) is 0 Å². The Balaban J connectivity index is 1.58. The summed E-state index contributed by atoms with van der Waals surface area (Å²) in [6.07, 6.45) is -1.05. The average Bonchev–Trinajstić information content (AvgIpc) is 3.21. The molecule has 2 N–H and O–H groups in total. The van der Waals surface area contributed by atoms with Gasteiger partial charge in [-0.3, -0.25) is 19.0 Å². The molecule has 3 aromatic heterocycles. The number of hydrogen-bond acceptors (Lipinski definition) is 4. The number of hydrogen-bond donors (Lipinski definition) is 1. The monoisotopic (exact) mass is 452 g/mol. The number of benzene rings is 1. The first-order valence-electron chi connectivity index (χ1n) is 10.1. The third-order valence-corrected chi connectivity index (χ3v) is 5.16. The van der Waals surface area contributed by atoms with Crippen molar-refractivity contribution in [3.05, 3.63) is 78.2 Å². The number of alkyl halides is 3. The van der Waals surface area contributed by atoms with Crippen molar-refractivity contribution in [1.82, 2.24) is 14.4 Å². The Hall–Kier alpha value is -4.01. The number of pyridine rings is 2. The highest BCUT2D eigenvalue weighted by Crippen LogP contribution is 2.26. The standard InChI is InChI=1S/C24H19F3N4O2/c25-24(26,27)7-4-19(32)11-15-2-1-3-17(10-15)21-14-30-22-13-16(6-9-31(21)22)20-12-18(23(28)33)5-8-29-20/h1-3,5-6,8-10,12-14H,4,7,11H2,(H2,28,33). The first-order valence-corrected chi connectivity index (χ1v) is 10.1. The van der Waals surface area contributed by atoms with Crippen LogP contribution in [0.15, 0.2) is 67.1 Å². The van der Waals surface area contributed by atoms with Crippen molar-refractivity contribution >= 4 is 17.3 Å². The molecule has 0 aliphatic carbocycles. The highest BCUT2D eigenvalue weighted by molar-refractivity contribution is 5.93. The van der Waals surface area contributed by atoms with E-state index in [0.29, 0.717) is 22.5 Å². The van der Waals surface area contributed by atoms with Gasteiger partial charge in [0, 0.05) is 41.9 Å². The minimum atomic E-state index is -4.34. The number of primary amides is 1. The summed E-state index contributed by atoms with van der Waals surface area (Å²) in [4.78, 5) is 32.1. The molecular formula is C24H19F3N4O2. The molecule has 1 aromatic carbocycles. The number of nitrogens with two attached hydrogens (primary N) is 1. The number of nitrogens with zero attached hydrogens (tertiary/aromatic N) is 3. The summed E-state index contributed by atoms with van der Waals surface area (Å²) < 4.78 is 38.9. The van der Waals surface area contributed by atoms with Crippen LogP contribution in [0.4, 0.5) is 13.2 Å². The number of amides is 1. The zero-order valence-corrected chi connectivity index (χ0v) is 17.3. The number of rotatable bonds is 7.